The van der Waals surface area contributed by atoms with E-state index in [1.807, 2.05) is 0 Å². The van der Waals surface area contributed by atoms with Crippen molar-refractivity contribution in [2.75, 3.05) is 6.54 Å². The van der Waals surface area contributed by atoms with Crippen LogP contribution in [0.2, 0.25) is 0 Å². The third-order valence-corrected chi connectivity index (χ3v) is 2.45. The number of nitrogens with zero attached hydrogens (tertiary/aromatic N) is 1. The van der Waals surface area contributed by atoms with Crippen molar-refractivity contribution in [2.24, 2.45) is 5.73 Å². The normalized spacial score (nSPS) is 10.7. The molecule has 2 aromatic rings. The summed E-state index contributed by atoms with van der Waals surface area (Å²) in [6.07, 6.45) is 0.807. The minimum absolute atomic E-state index is 0.240. The molecule has 1 heterocycles. The van der Waals surface area contributed by atoms with E-state index in [2.05, 4.69) is 21.6 Å². The molecule has 0 unspecified atom stereocenters. The summed E-state index contributed by atoms with van der Waals surface area (Å²) in [6, 6.07) is 5.55. The van der Waals surface area contributed by atoms with Crippen LogP contribution >= 0.6 is 0 Å². The fourth-order valence-corrected chi connectivity index (χ4v) is 1.45. The smallest absolute Gasteiger partial charge is 0.406 e. The molecule has 4 nitrogen and oxygen atoms in total. The molecule has 0 aliphatic carbocycles. The molecule has 0 radical (unpaired) electrons. The van der Waals surface area contributed by atoms with E-state index >= 15 is 0 Å². The van der Waals surface area contributed by atoms with E-state index < -0.39 is 6.36 Å². The molecule has 1 aromatic carbocycles. The van der Waals surface area contributed by atoms with E-state index in [1.54, 1.807) is 6.20 Å². The average molecular weight is 301 g/mol. The number of H-pyrrole nitrogens is 1. The van der Waals surface area contributed by atoms with E-state index in [0.29, 0.717) is 0 Å². The minimum atomic E-state index is -4.66. The molecule has 116 valence electrons. The molecule has 0 saturated heterocycles. The fraction of sp³-hybridized carbons (Fsp3) is 0.357. The van der Waals surface area contributed by atoms with E-state index in [4.69, 9.17) is 5.73 Å². The second-order valence-corrected chi connectivity index (χ2v) is 4.18. The van der Waals surface area contributed by atoms with E-state index in [-0.39, 0.29) is 5.75 Å². The van der Waals surface area contributed by atoms with Crippen molar-refractivity contribution in [1.29, 1.82) is 0 Å². The van der Waals surface area contributed by atoms with Gasteiger partial charge in [0.25, 0.3) is 0 Å². The van der Waals surface area contributed by atoms with Crippen molar-refractivity contribution in [3.05, 3.63) is 36.8 Å². The quantitative estimate of drug-likeness (QED) is 0.904. The van der Waals surface area contributed by atoms with Gasteiger partial charge in [0.2, 0.25) is 0 Å². The minimum Gasteiger partial charge on any atom is -0.406 e. The van der Waals surface area contributed by atoms with Gasteiger partial charge in [0.1, 0.15) is 5.75 Å². The maximum atomic E-state index is 11.9. The Kier molecular flexibility index (Phi) is 6.74. The molecule has 0 saturated carbocycles. The summed E-state index contributed by atoms with van der Waals surface area (Å²) in [5.41, 5.74) is 6.62. The number of ether oxygens (including phenoxy) is 1. The lowest BCUT2D eigenvalue weighted by atomic mass is 10.2. The van der Waals surface area contributed by atoms with Gasteiger partial charge in [-0.3, -0.25) is 0 Å². The Balaban J connectivity index is 0.000000383. The van der Waals surface area contributed by atoms with Gasteiger partial charge in [0, 0.05) is 0 Å². The number of unbranched alkanes of at least 4 members (excludes halogenated alkanes) is 1. The number of aromatic nitrogens is 2. The Bertz CT molecular complexity index is 493. The van der Waals surface area contributed by atoms with Gasteiger partial charge < -0.3 is 15.5 Å². The fourth-order valence-electron chi connectivity index (χ4n) is 1.45. The second kappa shape index (κ2) is 8.31. The lowest BCUT2D eigenvalue weighted by Crippen LogP contribution is -2.16. The molecule has 0 bridgehead atoms. The van der Waals surface area contributed by atoms with Gasteiger partial charge in [-0.2, -0.15) is 0 Å². The number of nitrogens with two attached hydrogens (primary N) is 1. The van der Waals surface area contributed by atoms with Crippen LogP contribution in [0, 0.1) is 0 Å². The summed E-state index contributed by atoms with van der Waals surface area (Å²) >= 11 is 0. The van der Waals surface area contributed by atoms with Crippen molar-refractivity contribution in [1.82, 2.24) is 9.97 Å². The Morgan fingerprint density at radius 3 is 2.29 bits per heavy atom. The number of alkyl halides is 3. The predicted molar refractivity (Wildman–Crippen MR) is 74.7 cm³/mol. The van der Waals surface area contributed by atoms with Crippen LogP contribution in [-0.2, 0) is 0 Å². The summed E-state index contributed by atoms with van der Waals surface area (Å²) in [5.74, 6) is -0.240. The Morgan fingerprint density at radius 2 is 1.90 bits per heavy atom. The summed E-state index contributed by atoms with van der Waals surface area (Å²) in [5, 5.41) is 0. The van der Waals surface area contributed by atoms with E-state index in [1.165, 1.54) is 43.4 Å². The van der Waals surface area contributed by atoms with Gasteiger partial charge in [-0.05, 0) is 42.8 Å². The third kappa shape index (κ3) is 6.80. The molecule has 0 amide bonds. The molecule has 7 heteroatoms. The van der Waals surface area contributed by atoms with Crippen molar-refractivity contribution in [3.8, 4) is 17.0 Å². The highest BCUT2D eigenvalue weighted by Gasteiger charge is 2.30. The van der Waals surface area contributed by atoms with Crippen molar-refractivity contribution in [2.45, 2.75) is 26.1 Å². The van der Waals surface area contributed by atoms with E-state index in [0.717, 1.165) is 17.8 Å². The topological polar surface area (TPSA) is 63.9 Å². The van der Waals surface area contributed by atoms with Crippen LogP contribution in [0.5, 0.6) is 5.75 Å². The van der Waals surface area contributed by atoms with Gasteiger partial charge in [-0.15, -0.1) is 13.2 Å². The standard InChI is InChI=1S/C10H7F3N2O.C4H11N/c11-10(12,13)16-8-3-1-7(2-4-8)9-5-14-6-15-9;1-2-3-4-5/h1-6H,(H,14,15);2-5H2,1H3. The number of imidazole rings is 1. The maximum Gasteiger partial charge on any atom is 0.573 e. The summed E-state index contributed by atoms with van der Waals surface area (Å²) < 4.78 is 39.4. The van der Waals surface area contributed by atoms with Crippen LogP contribution in [-0.4, -0.2) is 22.9 Å². The van der Waals surface area contributed by atoms with Gasteiger partial charge in [-0.1, -0.05) is 13.3 Å². The van der Waals surface area contributed by atoms with Gasteiger partial charge >= 0.3 is 6.36 Å². The SMILES string of the molecule is CCCCN.FC(F)(F)Oc1ccc(-c2cnc[nH]2)cc1. The first-order valence-corrected chi connectivity index (χ1v) is 6.51. The molecule has 0 fully saturated rings. The second-order valence-electron chi connectivity index (χ2n) is 4.18. The Hall–Kier alpha value is -2.02. The summed E-state index contributed by atoms with van der Waals surface area (Å²) in [6.45, 7) is 2.98. The highest BCUT2D eigenvalue weighted by molar-refractivity contribution is 5.58. The summed E-state index contributed by atoms with van der Waals surface area (Å²) in [7, 11) is 0. The zero-order valence-electron chi connectivity index (χ0n) is 11.7. The number of benzene rings is 1. The lowest BCUT2D eigenvalue weighted by molar-refractivity contribution is -0.274. The molecule has 3 N–H and O–H groups in total. The number of hydrogen-bond acceptors (Lipinski definition) is 3. The molecule has 0 atom stereocenters. The first-order valence-electron chi connectivity index (χ1n) is 6.51. The maximum absolute atomic E-state index is 11.9. The molecule has 2 rings (SSSR count). The highest BCUT2D eigenvalue weighted by atomic mass is 19.4. The average Bonchev–Trinajstić information content (AvgIpc) is 2.93. The third-order valence-electron chi connectivity index (χ3n) is 2.45. The van der Waals surface area contributed by atoms with Crippen LogP contribution in [0.1, 0.15) is 19.8 Å². The van der Waals surface area contributed by atoms with Gasteiger partial charge in [0.15, 0.2) is 0 Å². The number of nitrogens with one attached hydrogen (secondary N) is 1. The zero-order chi connectivity index (χ0) is 15.7. The molecule has 0 spiro atoms. The van der Waals surface area contributed by atoms with Crippen LogP contribution in [0.15, 0.2) is 36.8 Å². The number of halogens is 3. The zero-order valence-corrected chi connectivity index (χ0v) is 11.7. The van der Waals surface area contributed by atoms with Crippen molar-refractivity contribution in [3.63, 3.8) is 0 Å². The lowest BCUT2D eigenvalue weighted by Gasteiger charge is -2.08. The van der Waals surface area contributed by atoms with Crippen LogP contribution in [0.4, 0.5) is 13.2 Å². The number of hydrogen-bond donors (Lipinski definition) is 2. The molecular formula is C14H18F3N3O. The number of aromatic amines is 1. The summed E-state index contributed by atoms with van der Waals surface area (Å²) in [4.78, 5) is 6.66. The van der Waals surface area contributed by atoms with Crippen molar-refractivity contribution < 1.29 is 17.9 Å². The number of rotatable bonds is 4. The predicted octanol–water partition coefficient (Wildman–Crippen LogP) is 3.72. The largest absolute Gasteiger partial charge is 0.573 e. The first-order chi connectivity index (χ1) is 9.96. The molecule has 21 heavy (non-hydrogen) atoms. The van der Waals surface area contributed by atoms with Gasteiger partial charge in [0.05, 0.1) is 18.2 Å². The first kappa shape index (κ1) is 17.0. The Morgan fingerprint density at radius 1 is 1.24 bits per heavy atom. The van der Waals surface area contributed by atoms with Crippen LogP contribution in [0.25, 0.3) is 11.3 Å². The van der Waals surface area contributed by atoms with Crippen molar-refractivity contribution >= 4 is 0 Å². The molecule has 0 aliphatic rings. The molecule has 1 aromatic heterocycles. The molecular weight excluding hydrogens is 283 g/mol. The van der Waals surface area contributed by atoms with Crippen LogP contribution in [0.3, 0.4) is 0 Å². The Labute approximate surface area is 121 Å². The van der Waals surface area contributed by atoms with Crippen LogP contribution < -0.4 is 10.5 Å². The van der Waals surface area contributed by atoms with E-state index in [9.17, 15) is 13.2 Å². The highest BCUT2D eigenvalue weighted by Crippen LogP contribution is 2.25. The van der Waals surface area contributed by atoms with Gasteiger partial charge in [-0.25, -0.2) is 4.98 Å². The molecule has 0 aliphatic heterocycles. The monoisotopic (exact) mass is 301 g/mol.